The van der Waals surface area contributed by atoms with E-state index in [0.29, 0.717) is 5.56 Å². The fourth-order valence-electron chi connectivity index (χ4n) is 5.20. The number of aliphatic carboxylic acids is 1. The highest BCUT2D eigenvalue weighted by atomic mass is 16.4. The molecule has 2 aliphatic carbocycles. The van der Waals surface area contributed by atoms with Crippen LogP contribution < -0.4 is 0 Å². The number of hydrogen-bond donors (Lipinski definition) is 1. The molecule has 2 heteroatoms. The summed E-state index contributed by atoms with van der Waals surface area (Å²) in [4.78, 5) is 11.4. The van der Waals surface area contributed by atoms with Crippen molar-refractivity contribution < 1.29 is 9.90 Å². The Balaban J connectivity index is 1.85. The Morgan fingerprint density at radius 2 is 1.48 bits per heavy atom. The maximum Gasteiger partial charge on any atom is 0.335 e. The Kier molecular flexibility index (Phi) is 4.35. The first kappa shape index (κ1) is 19.9. The number of carboxylic acids is 1. The van der Waals surface area contributed by atoms with Gasteiger partial charge in [0.1, 0.15) is 0 Å². The number of rotatable bonds is 4. The van der Waals surface area contributed by atoms with Crippen molar-refractivity contribution in [3.05, 3.63) is 76.4 Å². The van der Waals surface area contributed by atoms with Crippen molar-refractivity contribution >= 4 is 11.5 Å². The van der Waals surface area contributed by atoms with Gasteiger partial charge in [-0.3, -0.25) is 0 Å². The first-order chi connectivity index (χ1) is 13.5. The molecule has 0 unspecified atom stereocenters. The Labute approximate surface area is 174 Å². The lowest BCUT2D eigenvalue weighted by Gasteiger charge is -2.43. The van der Waals surface area contributed by atoms with Crippen LogP contribution in [0.4, 0.5) is 0 Å². The molecular weight excluding hydrogens is 356 g/mol. The highest BCUT2D eigenvalue weighted by Crippen LogP contribution is 2.57. The number of carbonyl (C=O) groups is 1. The number of hydrogen-bond acceptors (Lipinski definition) is 1. The van der Waals surface area contributed by atoms with Crippen LogP contribution in [-0.2, 0) is 21.0 Å². The predicted octanol–water partition coefficient (Wildman–Crippen LogP) is 6.52. The van der Waals surface area contributed by atoms with Gasteiger partial charge in [-0.1, -0.05) is 70.7 Å². The highest BCUT2D eigenvalue weighted by Gasteiger charge is 2.48. The molecule has 0 atom stereocenters. The van der Waals surface area contributed by atoms with Gasteiger partial charge in [-0.25, -0.2) is 4.79 Å². The van der Waals surface area contributed by atoms with E-state index in [9.17, 15) is 9.90 Å². The van der Waals surface area contributed by atoms with Gasteiger partial charge < -0.3 is 5.11 Å². The number of benzene rings is 2. The van der Waals surface area contributed by atoms with Gasteiger partial charge in [0.15, 0.2) is 0 Å². The van der Waals surface area contributed by atoms with Crippen LogP contribution in [0.3, 0.4) is 0 Å². The van der Waals surface area contributed by atoms with E-state index in [1.807, 2.05) is 18.2 Å². The second kappa shape index (κ2) is 6.32. The van der Waals surface area contributed by atoms with Gasteiger partial charge in [-0.2, -0.15) is 0 Å². The normalized spacial score (nSPS) is 20.6. The van der Waals surface area contributed by atoms with Gasteiger partial charge in [-0.05, 0) is 76.8 Å². The topological polar surface area (TPSA) is 37.3 Å². The largest absolute Gasteiger partial charge is 0.478 e. The van der Waals surface area contributed by atoms with Crippen LogP contribution >= 0.6 is 0 Å². The Hall–Kier alpha value is -2.35. The minimum absolute atomic E-state index is 0.00553. The minimum Gasteiger partial charge on any atom is -0.478 e. The predicted molar refractivity (Wildman–Crippen MR) is 120 cm³/mol. The zero-order valence-electron chi connectivity index (χ0n) is 18.4. The van der Waals surface area contributed by atoms with Crippen molar-refractivity contribution in [2.75, 3.05) is 0 Å². The van der Waals surface area contributed by atoms with Gasteiger partial charge >= 0.3 is 5.97 Å². The SMILES string of the molecule is C=C(C(=O)O)c1cccc(C2(c3cc4c(cc3C)C(C)(C)CCC4(C)C)CC2)c1. The summed E-state index contributed by atoms with van der Waals surface area (Å²) in [6.45, 7) is 15.5. The van der Waals surface area contributed by atoms with Gasteiger partial charge in [0, 0.05) is 5.41 Å². The molecule has 2 nitrogen and oxygen atoms in total. The number of fused-ring (bicyclic) bond motifs is 1. The van der Waals surface area contributed by atoms with E-state index in [1.54, 1.807) is 0 Å². The summed E-state index contributed by atoms with van der Waals surface area (Å²) < 4.78 is 0. The van der Waals surface area contributed by atoms with E-state index in [0.717, 1.165) is 12.8 Å². The molecule has 1 N–H and O–H groups in total. The van der Waals surface area contributed by atoms with Crippen LogP contribution in [0, 0.1) is 6.92 Å². The van der Waals surface area contributed by atoms with Gasteiger partial charge in [0.05, 0.1) is 5.57 Å². The molecular formula is C27H32O2. The third-order valence-corrected chi connectivity index (χ3v) is 7.49. The van der Waals surface area contributed by atoms with E-state index in [2.05, 4.69) is 59.4 Å². The monoisotopic (exact) mass is 388 g/mol. The molecule has 1 fully saturated rings. The molecule has 0 bridgehead atoms. The molecule has 4 rings (SSSR count). The van der Waals surface area contributed by atoms with Crippen LogP contribution in [-0.4, -0.2) is 11.1 Å². The van der Waals surface area contributed by atoms with E-state index in [-0.39, 0.29) is 21.8 Å². The molecule has 1 saturated carbocycles. The fraction of sp³-hybridized carbons (Fsp3) is 0.444. The van der Waals surface area contributed by atoms with Gasteiger partial charge in [0.2, 0.25) is 0 Å². The average molecular weight is 389 g/mol. The first-order valence-corrected chi connectivity index (χ1v) is 10.7. The summed E-state index contributed by atoms with van der Waals surface area (Å²) in [5.41, 5.74) is 8.25. The van der Waals surface area contributed by atoms with Crippen LogP contribution in [0.1, 0.15) is 86.8 Å². The lowest BCUT2D eigenvalue weighted by Crippen LogP contribution is -2.34. The van der Waals surface area contributed by atoms with Crippen LogP contribution in [0.2, 0.25) is 0 Å². The molecule has 2 aromatic rings. The van der Waals surface area contributed by atoms with Crippen molar-refractivity contribution in [1.29, 1.82) is 0 Å². The molecule has 0 aliphatic heterocycles. The zero-order chi connectivity index (χ0) is 21.2. The molecule has 152 valence electrons. The Morgan fingerprint density at radius 3 is 2.03 bits per heavy atom. The molecule has 29 heavy (non-hydrogen) atoms. The molecule has 0 aromatic heterocycles. The quantitative estimate of drug-likeness (QED) is 0.605. The number of aryl methyl sites for hydroxylation is 1. The summed E-state index contributed by atoms with van der Waals surface area (Å²) in [6, 6.07) is 12.9. The molecule has 2 aromatic carbocycles. The zero-order valence-corrected chi connectivity index (χ0v) is 18.4. The van der Waals surface area contributed by atoms with Crippen LogP contribution in [0.15, 0.2) is 43.0 Å². The maximum absolute atomic E-state index is 11.4. The fourth-order valence-corrected chi connectivity index (χ4v) is 5.20. The molecule has 2 aliphatic rings. The van der Waals surface area contributed by atoms with E-state index >= 15 is 0 Å². The van der Waals surface area contributed by atoms with E-state index in [4.69, 9.17) is 0 Å². The molecule has 0 spiro atoms. The Morgan fingerprint density at radius 1 is 0.897 bits per heavy atom. The second-order valence-electron chi connectivity index (χ2n) is 10.4. The van der Waals surface area contributed by atoms with Crippen LogP contribution in [0.25, 0.3) is 5.57 Å². The minimum atomic E-state index is -0.957. The van der Waals surface area contributed by atoms with Crippen molar-refractivity contribution in [2.45, 2.75) is 76.5 Å². The molecule has 0 heterocycles. The summed E-state index contributed by atoms with van der Waals surface area (Å²) in [5, 5.41) is 9.35. The van der Waals surface area contributed by atoms with Crippen molar-refractivity contribution in [1.82, 2.24) is 0 Å². The van der Waals surface area contributed by atoms with Crippen molar-refractivity contribution in [3.8, 4) is 0 Å². The van der Waals surface area contributed by atoms with Gasteiger partial charge in [0.25, 0.3) is 0 Å². The molecule has 0 saturated heterocycles. The first-order valence-electron chi connectivity index (χ1n) is 10.7. The summed E-state index contributed by atoms with van der Waals surface area (Å²) in [6.07, 6.45) is 4.64. The highest BCUT2D eigenvalue weighted by molar-refractivity contribution is 6.14. The van der Waals surface area contributed by atoms with Gasteiger partial charge in [-0.15, -0.1) is 0 Å². The smallest absolute Gasteiger partial charge is 0.335 e. The van der Waals surface area contributed by atoms with E-state index < -0.39 is 5.97 Å². The summed E-state index contributed by atoms with van der Waals surface area (Å²) in [5.74, 6) is -0.957. The lowest BCUT2D eigenvalue weighted by molar-refractivity contribution is -0.130. The average Bonchev–Trinajstić information content (AvgIpc) is 3.46. The number of carboxylic acid groups (broad SMARTS) is 1. The lowest BCUT2D eigenvalue weighted by atomic mass is 9.62. The molecule has 0 radical (unpaired) electrons. The third kappa shape index (κ3) is 3.13. The van der Waals surface area contributed by atoms with Crippen molar-refractivity contribution in [2.24, 2.45) is 0 Å². The second-order valence-corrected chi connectivity index (χ2v) is 10.4. The van der Waals surface area contributed by atoms with E-state index in [1.165, 1.54) is 40.7 Å². The van der Waals surface area contributed by atoms with Crippen molar-refractivity contribution in [3.63, 3.8) is 0 Å². The summed E-state index contributed by atoms with van der Waals surface area (Å²) in [7, 11) is 0. The third-order valence-electron chi connectivity index (χ3n) is 7.49. The van der Waals surface area contributed by atoms with Crippen LogP contribution in [0.5, 0.6) is 0 Å². The Bertz CT molecular complexity index is 1020. The summed E-state index contributed by atoms with van der Waals surface area (Å²) >= 11 is 0. The molecule has 0 amide bonds. The maximum atomic E-state index is 11.4. The standard InChI is InChI=1S/C27H32O2/c1-17-14-22-23(26(5,6)11-10-25(22,3)4)16-21(17)27(12-13-27)20-9-7-8-19(15-20)18(2)24(28)29/h7-9,14-16H,2,10-13H2,1,3-6H3,(H,28,29).